The molecule has 1 aromatic heterocycles. The van der Waals surface area contributed by atoms with Crippen molar-refractivity contribution in [1.82, 2.24) is 9.97 Å². The largest absolute Gasteiger partial charge is 0.481 e. The highest BCUT2D eigenvalue weighted by atomic mass is 79.9. The molecule has 21 heavy (non-hydrogen) atoms. The molecule has 0 radical (unpaired) electrons. The second-order valence-corrected chi connectivity index (χ2v) is 6.01. The van der Waals surface area contributed by atoms with Crippen molar-refractivity contribution in [3.63, 3.8) is 0 Å². The molecule has 0 aliphatic rings. The van der Waals surface area contributed by atoms with E-state index in [0.717, 1.165) is 15.6 Å². The number of rotatable bonds is 3. The molecule has 0 aliphatic carbocycles. The van der Waals surface area contributed by atoms with Gasteiger partial charge in [0.1, 0.15) is 0 Å². The van der Waals surface area contributed by atoms with E-state index in [1.54, 1.807) is 6.92 Å². The Hall–Kier alpha value is -1.75. The average Bonchev–Trinajstić information content (AvgIpc) is 2.40. The van der Waals surface area contributed by atoms with Crippen molar-refractivity contribution >= 4 is 21.9 Å². The maximum Gasteiger partial charge on any atom is 0.310 e. The molecule has 1 aromatic carbocycles. The van der Waals surface area contributed by atoms with Crippen LogP contribution in [0, 0.1) is 20.8 Å². The second-order valence-electron chi connectivity index (χ2n) is 5.16. The molecule has 0 fully saturated rings. The summed E-state index contributed by atoms with van der Waals surface area (Å²) < 4.78 is 1.00. The number of halogens is 1. The standard InChI is InChI=1S/C16H17BrN2O2/c1-8-5-6-12(7-13(8)17)15-18-10(3)14(11(4)19-15)9(2)16(20)21/h5-7,9H,1-4H3,(H,20,21). The molecular formula is C16H17BrN2O2. The molecule has 5 heteroatoms. The third-order valence-corrected chi connectivity index (χ3v) is 4.41. The molecule has 1 atom stereocenters. The summed E-state index contributed by atoms with van der Waals surface area (Å²) in [5.74, 6) is -0.855. The van der Waals surface area contributed by atoms with E-state index in [1.807, 2.05) is 39.0 Å². The zero-order valence-electron chi connectivity index (χ0n) is 12.4. The van der Waals surface area contributed by atoms with Crippen molar-refractivity contribution in [2.75, 3.05) is 0 Å². The van der Waals surface area contributed by atoms with Gasteiger partial charge in [0, 0.05) is 27.0 Å². The molecule has 110 valence electrons. The highest BCUT2D eigenvalue weighted by Crippen LogP contribution is 2.27. The fourth-order valence-electron chi connectivity index (χ4n) is 2.34. The van der Waals surface area contributed by atoms with Gasteiger partial charge in [0.15, 0.2) is 5.82 Å². The predicted octanol–water partition coefficient (Wildman–Crippen LogP) is 4.02. The van der Waals surface area contributed by atoms with Crippen LogP contribution in [0.1, 0.15) is 35.4 Å². The first-order valence-electron chi connectivity index (χ1n) is 6.65. The molecule has 0 saturated heterocycles. The number of hydrogen-bond donors (Lipinski definition) is 1. The van der Waals surface area contributed by atoms with E-state index < -0.39 is 11.9 Å². The van der Waals surface area contributed by atoms with Crippen LogP contribution < -0.4 is 0 Å². The zero-order valence-corrected chi connectivity index (χ0v) is 14.0. The van der Waals surface area contributed by atoms with E-state index in [1.165, 1.54) is 0 Å². The lowest BCUT2D eigenvalue weighted by Gasteiger charge is -2.14. The summed E-state index contributed by atoms with van der Waals surface area (Å²) in [7, 11) is 0. The topological polar surface area (TPSA) is 63.1 Å². The summed E-state index contributed by atoms with van der Waals surface area (Å²) in [5.41, 5.74) is 4.17. The van der Waals surface area contributed by atoms with Crippen LogP contribution in [0.2, 0.25) is 0 Å². The van der Waals surface area contributed by atoms with Gasteiger partial charge in [-0.2, -0.15) is 0 Å². The fourth-order valence-corrected chi connectivity index (χ4v) is 2.71. The Labute approximate surface area is 132 Å². The molecule has 0 bridgehead atoms. The number of hydrogen-bond acceptors (Lipinski definition) is 3. The third kappa shape index (κ3) is 3.13. The van der Waals surface area contributed by atoms with Crippen molar-refractivity contribution in [3.8, 4) is 11.4 Å². The quantitative estimate of drug-likeness (QED) is 0.909. The highest BCUT2D eigenvalue weighted by Gasteiger charge is 2.21. The SMILES string of the molecule is Cc1ccc(-c2nc(C)c(C(C)C(=O)O)c(C)n2)cc1Br. The first-order valence-corrected chi connectivity index (χ1v) is 7.45. The van der Waals surface area contributed by atoms with Crippen molar-refractivity contribution in [2.24, 2.45) is 0 Å². The number of aryl methyl sites for hydroxylation is 3. The predicted molar refractivity (Wildman–Crippen MR) is 85.4 cm³/mol. The number of benzene rings is 1. The van der Waals surface area contributed by atoms with E-state index in [0.29, 0.717) is 22.8 Å². The maximum absolute atomic E-state index is 11.2. The van der Waals surface area contributed by atoms with Crippen LogP contribution in [-0.4, -0.2) is 21.0 Å². The summed E-state index contributed by atoms with van der Waals surface area (Å²) in [6, 6.07) is 5.94. The summed E-state index contributed by atoms with van der Waals surface area (Å²) in [4.78, 5) is 20.1. The zero-order chi connectivity index (χ0) is 15.7. The van der Waals surface area contributed by atoms with Crippen LogP contribution in [0.15, 0.2) is 22.7 Å². The molecule has 0 spiro atoms. The first kappa shape index (κ1) is 15.6. The number of aromatic nitrogens is 2. The number of nitrogens with zero attached hydrogens (tertiary/aromatic N) is 2. The minimum absolute atomic E-state index is 0.608. The molecule has 0 aliphatic heterocycles. The van der Waals surface area contributed by atoms with E-state index in [4.69, 9.17) is 0 Å². The molecule has 1 unspecified atom stereocenters. The average molecular weight is 349 g/mol. The van der Waals surface area contributed by atoms with Gasteiger partial charge in [0.2, 0.25) is 0 Å². The van der Waals surface area contributed by atoms with E-state index in [2.05, 4.69) is 25.9 Å². The van der Waals surface area contributed by atoms with Gasteiger partial charge in [-0.15, -0.1) is 0 Å². The third-order valence-electron chi connectivity index (χ3n) is 3.56. The van der Waals surface area contributed by atoms with Crippen LogP contribution in [0.3, 0.4) is 0 Å². The summed E-state index contributed by atoms with van der Waals surface area (Å²) in [6.45, 7) is 7.33. The van der Waals surface area contributed by atoms with Gasteiger partial charge < -0.3 is 5.11 Å². The molecule has 2 rings (SSSR count). The summed E-state index contributed by atoms with van der Waals surface area (Å²) in [5, 5.41) is 9.18. The number of aliphatic carboxylic acids is 1. The normalized spacial score (nSPS) is 12.2. The van der Waals surface area contributed by atoms with Gasteiger partial charge in [0.05, 0.1) is 5.92 Å². The molecule has 0 saturated carbocycles. The number of carbonyl (C=O) groups is 1. The van der Waals surface area contributed by atoms with Crippen LogP contribution in [-0.2, 0) is 4.79 Å². The van der Waals surface area contributed by atoms with Crippen molar-refractivity contribution < 1.29 is 9.90 Å². The lowest BCUT2D eigenvalue weighted by molar-refractivity contribution is -0.138. The fraction of sp³-hybridized carbons (Fsp3) is 0.312. The Morgan fingerprint density at radius 2 is 1.76 bits per heavy atom. The Kier molecular flexibility index (Phi) is 4.42. The molecule has 1 heterocycles. The Balaban J connectivity index is 2.53. The molecule has 0 amide bonds. The van der Waals surface area contributed by atoms with E-state index >= 15 is 0 Å². The number of carboxylic acid groups (broad SMARTS) is 1. The molecule has 4 nitrogen and oxygen atoms in total. The molecular weight excluding hydrogens is 332 g/mol. The summed E-state index contributed by atoms with van der Waals surface area (Å²) >= 11 is 3.50. The minimum Gasteiger partial charge on any atom is -0.481 e. The van der Waals surface area contributed by atoms with Crippen LogP contribution >= 0.6 is 15.9 Å². The van der Waals surface area contributed by atoms with Crippen LogP contribution in [0.4, 0.5) is 0 Å². The van der Waals surface area contributed by atoms with Crippen LogP contribution in [0.25, 0.3) is 11.4 Å². The molecule has 2 aromatic rings. The maximum atomic E-state index is 11.2. The molecule has 1 N–H and O–H groups in total. The van der Waals surface area contributed by atoms with Gasteiger partial charge >= 0.3 is 5.97 Å². The second kappa shape index (κ2) is 5.93. The van der Waals surface area contributed by atoms with Crippen molar-refractivity contribution in [2.45, 2.75) is 33.6 Å². The smallest absolute Gasteiger partial charge is 0.310 e. The Bertz CT molecular complexity index is 690. The monoisotopic (exact) mass is 348 g/mol. The Morgan fingerprint density at radius 1 is 1.19 bits per heavy atom. The summed E-state index contributed by atoms with van der Waals surface area (Å²) in [6.07, 6.45) is 0. The number of carboxylic acids is 1. The van der Waals surface area contributed by atoms with E-state index in [9.17, 15) is 9.90 Å². The minimum atomic E-state index is -0.865. The van der Waals surface area contributed by atoms with Crippen LogP contribution in [0.5, 0.6) is 0 Å². The lowest BCUT2D eigenvalue weighted by Crippen LogP contribution is -2.13. The van der Waals surface area contributed by atoms with E-state index in [-0.39, 0.29) is 0 Å². The van der Waals surface area contributed by atoms with Crippen molar-refractivity contribution in [1.29, 1.82) is 0 Å². The highest BCUT2D eigenvalue weighted by molar-refractivity contribution is 9.10. The lowest BCUT2D eigenvalue weighted by atomic mass is 9.98. The van der Waals surface area contributed by atoms with Gasteiger partial charge in [-0.1, -0.05) is 28.1 Å². The van der Waals surface area contributed by atoms with Gasteiger partial charge in [0.25, 0.3) is 0 Å². The van der Waals surface area contributed by atoms with Crippen molar-refractivity contribution in [3.05, 3.63) is 45.2 Å². The first-order chi connectivity index (χ1) is 9.81. The van der Waals surface area contributed by atoms with Gasteiger partial charge in [-0.05, 0) is 39.3 Å². The Morgan fingerprint density at radius 3 is 2.24 bits per heavy atom. The van der Waals surface area contributed by atoms with Gasteiger partial charge in [-0.25, -0.2) is 9.97 Å². The van der Waals surface area contributed by atoms with Gasteiger partial charge in [-0.3, -0.25) is 4.79 Å².